The van der Waals surface area contributed by atoms with E-state index in [2.05, 4.69) is 0 Å². The molecule has 0 amide bonds. The summed E-state index contributed by atoms with van der Waals surface area (Å²) in [7, 11) is -1.39. The average molecular weight is 243 g/mol. The summed E-state index contributed by atoms with van der Waals surface area (Å²) in [5.41, 5.74) is 0. The van der Waals surface area contributed by atoms with Gasteiger partial charge in [-0.1, -0.05) is 0 Å². The third-order valence-electron chi connectivity index (χ3n) is 1.78. The molecule has 0 fully saturated rings. The van der Waals surface area contributed by atoms with Crippen molar-refractivity contribution >= 4 is 8.53 Å². The van der Waals surface area contributed by atoms with Crippen LogP contribution in [0.2, 0.25) is 0 Å². The quantitative estimate of drug-likeness (QED) is 0.390. The maximum Gasteiger partial charge on any atom is 0.332 e. The van der Waals surface area contributed by atoms with Gasteiger partial charge in [0.2, 0.25) is 0 Å². The van der Waals surface area contributed by atoms with Crippen LogP contribution in [0, 0.1) is 22.8 Å². The van der Waals surface area contributed by atoms with Crippen molar-refractivity contribution in [2.24, 2.45) is 0 Å². The Kier molecular flexibility index (Phi) is 7.85. The summed E-state index contributed by atoms with van der Waals surface area (Å²) >= 11 is 0. The van der Waals surface area contributed by atoms with Crippen LogP contribution in [0.3, 0.4) is 0 Å². The lowest BCUT2D eigenvalue weighted by atomic mass is 10.3. The highest BCUT2D eigenvalue weighted by molar-refractivity contribution is 7.44. The van der Waals surface area contributed by atoms with Crippen molar-refractivity contribution in [2.45, 2.75) is 46.2 Å². The normalized spacial score (nSPS) is 12.6. The smallest absolute Gasteiger partial charge is 0.332 e. The summed E-state index contributed by atoms with van der Waals surface area (Å²) < 4.78 is 12.4. The van der Waals surface area contributed by atoms with Gasteiger partial charge < -0.3 is 9.05 Å². The third-order valence-corrected chi connectivity index (χ3v) is 3.72. The van der Waals surface area contributed by atoms with Crippen LogP contribution in [0.4, 0.5) is 0 Å². The fraction of sp³-hybridized carbons (Fsp3) is 0.800. The van der Waals surface area contributed by atoms with Crippen molar-refractivity contribution in [1.29, 1.82) is 10.5 Å². The van der Waals surface area contributed by atoms with E-state index in [1.165, 1.54) is 0 Å². The maximum absolute atomic E-state index is 8.58. The van der Waals surface area contributed by atoms with Crippen LogP contribution >= 0.6 is 8.53 Å². The Balaban J connectivity index is 4.47. The van der Waals surface area contributed by atoms with E-state index in [1.807, 2.05) is 38.4 Å². The summed E-state index contributed by atoms with van der Waals surface area (Å²) in [5.74, 6) is 0. The lowest BCUT2D eigenvalue weighted by Gasteiger charge is -2.33. The van der Waals surface area contributed by atoms with E-state index in [4.69, 9.17) is 19.6 Å². The Morgan fingerprint density at radius 3 is 2.12 bits per heavy atom. The molecular formula is C10H18N3O2P. The highest BCUT2D eigenvalue weighted by Gasteiger charge is 2.28. The number of hydrogen-bond acceptors (Lipinski definition) is 5. The second-order valence-electron chi connectivity index (χ2n) is 3.73. The molecule has 5 nitrogen and oxygen atoms in total. The monoisotopic (exact) mass is 243 g/mol. The molecule has 1 atom stereocenters. The van der Waals surface area contributed by atoms with Gasteiger partial charge in [-0.2, -0.15) is 5.26 Å². The zero-order valence-corrected chi connectivity index (χ0v) is 11.1. The van der Waals surface area contributed by atoms with Crippen LogP contribution in [-0.2, 0) is 9.05 Å². The highest BCUT2D eigenvalue weighted by atomic mass is 31.2. The number of rotatable bonds is 7. The minimum absolute atomic E-state index is 0.224. The second-order valence-corrected chi connectivity index (χ2v) is 5.11. The molecular weight excluding hydrogens is 225 g/mol. The Hall–Kier alpha value is -0.870. The van der Waals surface area contributed by atoms with Crippen molar-refractivity contribution in [3.05, 3.63) is 0 Å². The topological polar surface area (TPSA) is 69.3 Å². The van der Waals surface area contributed by atoms with E-state index in [0.717, 1.165) is 0 Å². The molecule has 0 bridgehead atoms. The van der Waals surface area contributed by atoms with Crippen molar-refractivity contribution in [1.82, 2.24) is 4.67 Å². The lowest BCUT2D eigenvalue weighted by Crippen LogP contribution is -2.33. The van der Waals surface area contributed by atoms with Gasteiger partial charge in [0.1, 0.15) is 0 Å². The molecule has 0 aromatic heterocycles. The fourth-order valence-electron chi connectivity index (χ4n) is 1.32. The van der Waals surface area contributed by atoms with E-state index in [-0.39, 0.29) is 12.1 Å². The molecule has 0 rings (SSSR count). The standard InChI is InChI=1S/C10H18N3O2P/c1-9(2)13(10(3)4)16(15-8-12)14-7-5-6-11/h9-10H,5,7H2,1-4H3. The molecule has 0 aromatic carbocycles. The van der Waals surface area contributed by atoms with Gasteiger partial charge >= 0.3 is 8.53 Å². The Morgan fingerprint density at radius 2 is 1.75 bits per heavy atom. The van der Waals surface area contributed by atoms with Gasteiger partial charge in [-0.25, -0.2) is 4.67 Å². The van der Waals surface area contributed by atoms with Gasteiger partial charge in [-0.15, -0.1) is 5.26 Å². The predicted molar refractivity (Wildman–Crippen MR) is 61.9 cm³/mol. The zero-order chi connectivity index (χ0) is 12.6. The van der Waals surface area contributed by atoms with E-state index >= 15 is 0 Å². The Labute approximate surface area is 98.5 Å². The van der Waals surface area contributed by atoms with Crippen molar-refractivity contribution in [3.8, 4) is 12.3 Å². The average Bonchev–Trinajstić information content (AvgIpc) is 2.17. The largest absolute Gasteiger partial charge is 0.362 e. The molecule has 0 N–H and O–H groups in total. The molecule has 6 heteroatoms. The molecule has 16 heavy (non-hydrogen) atoms. The molecule has 0 heterocycles. The molecule has 0 aromatic rings. The zero-order valence-electron chi connectivity index (χ0n) is 10.2. The van der Waals surface area contributed by atoms with E-state index in [0.29, 0.717) is 13.0 Å². The van der Waals surface area contributed by atoms with Crippen LogP contribution in [0.1, 0.15) is 34.1 Å². The fourth-order valence-corrected chi connectivity index (χ4v) is 2.67. The molecule has 0 aliphatic heterocycles. The first kappa shape index (κ1) is 15.1. The molecule has 0 spiro atoms. The van der Waals surface area contributed by atoms with E-state index in [1.54, 1.807) is 6.26 Å². The van der Waals surface area contributed by atoms with E-state index in [9.17, 15) is 0 Å². The lowest BCUT2D eigenvalue weighted by molar-refractivity contribution is 0.212. The van der Waals surface area contributed by atoms with Crippen LogP contribution in [-0.4, -0.2) is 23.4 Å². The molecule has 1 unspecified atom stereocenters. The number of hydrogen-bond donors (Lipinski definition) is 0. The Morgan fingerprint density at radius 1 is 1.19 bits per heavy atom. The van der Waals surface area contributed by atoms with Crippen LogP contribution in [0.5, 0.6) is 0 Å². The van der Waals surface area contributed by atoms with Gasteiger partial charge in [-0.3, -0.25) is 0 Å². The molecule has 90 valence electrons. The third kappa shape index (κ3) is 5.28. The summed E-state index contributed by atoms with van der Waals surface area (Å²) in [4.78, 5) is 0. The van der Waals surface area contributed by atoms with Gasteiger partial charge in [0, 0.05) is 12.1 Å². The predicted octanol–water partition coefficient (Wildman–Crippen LogP) is 2.76. The van der Waals surface area contributed by atoms with Gasteiger partial charge in [-0.05, 0) is 27.7 Å². The van der Waals surface area contributed by atoms with Crippen molar-refractivity contribution in [2.75, 3.05) is 6.61 Å². The molecule has 0 aliphatic carbocycles. The first-order valence-corrected chi connectivity index (χ1v) is 6.31. The summed E-state index contributed by atoms with van der Waals surface area (Å²) in [6.45, 7) is 8.36. The summed E-state index contributed by atoms with van der Waals surface area (Å²) in [6, 6.07) is 2.44. The molecule has 0 aliphatic rings. The number of nitriles is 2. The van der Waals surface area contributed by atoms with Gasteiger partial charge in [0.15, 0.2) is 0 Å². The Bertz CT molecular complexity index is 262. The van der Waals surface area contributed by atoms with Crippen molar-refractivity contribution < 1.29 is 9.05 Å². The minimum atomic E-state index is -1.39. The summed E-state index contributed by atoms with van der Waals surface area (Å²) in [6.07, 6.45) is 1.97. The summed E-state index contributed by atoms with van der Waals surface area (Å²) in [5, 5.41) is 17.0. The number of nitrogens with zero attached hydrogens (tertiary/aromatic N) is 3. The van der Waals surface area contributed by atoms with Crippen LogP contribution in [0.25, 0.3) is 0 Å². The van der Waals surface area contributed by atoms with Gasteiger partial charge in [0.25, 0.3) is 6.26 Å². The first-order chi connectivity index (χ1) is 7.54. The highest BCUT2D eigenvalue weighted by Crippen LogP contribution is 2.45. The maximum atomic E-state index is 8.58. The molecule has 0 saturated carbocycles. The second kappa shape index (κ2) is 8.30. The van der Waals surface area contributed by atoms with Crippen molar-refractivity contribution in [3.63, 3.8) is 0 Å². The molecule has 0 radical (unpaired) electrons. The SMILES string of the molecule is CC(C)N(C(C)C)P(OC#N)OCCC#N. The van der Waals surface area contributed by atoms with Gasteiger partial charge in [0.05, 0.1) is 19.1 Å². The molecule has 0 saturated heterocycles. The first-order valence-electron chi connectivity index (χ1n) is 5.18. The minimum Gasteiger partial charge on any atom is -0.362 e. The van der Waals surface area contributed by atoms with Crippen LogP contribution in [0.15, 0.2) is 0 Å². The van der Waals surface area contributed by atoms with Crippen LogP contribution < -0.4 is 0 Å². The van der Waals surface area contributed by atoms with E-state index < -0.39 is 8.53 Å².